The number of benzene rings is 1. The molecule has 3 rings (SSSR count). The van der Waals surface area contributed by atoms with E-state index in [9.17, 15) is 4.79 Å². The quantitative estimate of drug-likeness (QED) is 0.837. The molecule has 0 radical (unpaired) electrons. The Morgan fingerprint density at radius 2 is 2.38 bits per heavy atom. The lowest BCUT2D eigenvalue weighted by molar-refractivity contribution is -0.117. The Bertz CT molecular complexity index is 665. The fraction of sp³-hybridized carbons (Fsp3) is 0.333. The van der Waals surface area contributed by atoms with Crippen molar-refractivity contribution in [2.45, 2.75) is 19.9 Å². The summed E-state index contributed by atoms with van der Waals surface area (Å²) in [5.74, 6) is 0.289. The topological polar surface area (TPSA) is 84.4 Å². The largest absolute Gasteiger partial charge is 0.398 e. The van der Waals surface area contributed by atoms with Crippen LogP contribution < -0.4 is 11.1 Å². The van der Waals surface area contributed by atoms with Crippen molar-refractivity contribution >= 4 is 17.5 Å². The molecule has 1 amide bonds. The minimum atomic E-state index is -0.0986. The van der Waals surface area contributed by atoms with Gasteiger partial charge in [0.1, 0.15) is 0 Å². The highest BCUT2D eigenvalue weighted by molar-refractivity contribution is 5.91. The molecule has 0 saturated heterocycles. The molecule has 6 nitrogen and oxygen atoms in total. The summed E-state index contributed by atoms with van der Waals surface area (Å²) in [4.78, 5) is 14.1. The van der Waals surface area contributed by atoms with Gasteiger partial charge in [-0.1, -0.05) is 17.3 Å². The van der Waals surface area contributed by atoms with E-state index in [4.69, 9.17) is 10.3 Å². The Morgan fingerprint density at radius 3 is 3.14 bits per heavy atom. The molecule has 1 aliphatic heterocycles. The van der Waals surface area contributed by atoms with E-state index in [1.54, 1.807) is 6.07 Å². The average molecular weight is 286 g/mol. The number of aromatic nitrogens is 1. The normalized spacial score (nSPS) is 14.7. The molecule has 0 bridgehead atoms. The molecule has 110 valence electrons. The van der Waals surface area contributed by atoms with Gasteiger partial charge in [-0.15, -0.1) is 0 Å². The minimum Gasteiger partial charge on any atom is -0.398 e. The van der Waals surface area contributed by atoms with Crippen LogP contribution >= 0.6 is 0 Å². The standard InChI is InChI=1S/C15H18N4O2/c1-10-7-15(21-18-10)17-14(20)9-19-6-5-12-11(8-19)3-2-4-13(12)16/h2-4,7H,5-6,8-9,16H2,1H3,(H,17,20). The van der Waals surface area contributed by atoms with Gasteiger partial charge >= 0.3 is 0 Å². The molecule has 3 N–H and O–H groups in total. The first-order chi connectivity index (χ1) is 10.1. The fourth-order valence-corrected chi connectivity index (χ4v) is 2.63. The van der Waals surface area contributed by atoms with Crippen LogP contribution in [0.15, 0.2) is 28.8 Å². The summed E-state index contributed by atoms with van der Waals surface area (Å²) in [6.45, 7) is 3.70. The Hall–Kier alpha value is -2.34. The van der Waals surface area contributed by atoms with Gasteiger partial charge in [0.05, 0.1) is 12.2 Å². The van der Waals surface area contributed by atoms with E-state index in [2.05, 4.69) is 21.4 Å². The third-order valence-electron chi connectivity index (χ3n) is 3.64. The van der Waals surface area contributed by atoms with Gasteiger partial charge in [0.15, 0.2) is 0 Å². The molecule has 1 aromatic carbocycles. The van der Waals surface area contributed by atoms with Crippen molar-refractivity contribution in [1.29, 1.82) is 0 Å². The van der Waals surface area contributed by atoms with Crippen LogP contribution in [0.5, 0.6) is 0 Å². The molecule has 0 spiro atoms. The number of carbonyl (C=O) groups is 1. The zero-order chi connectivity index (χ0) is 14.8. The number of fused-ring (bicyclic) bond motifs is 1. The Balaban J connectivity index is 1.60. The van der Waals surface area contributed by atoms with Crippen LogP contribution in [-0.4, -0.2) is 29.1 Å². The molecule has 0 fully saturated rings. The number of nitrogens with two attached hydrogens (primary N) is 1. The van der Waals surface area contributed by atoms with Crippen LogP contribution in [-0.2, 0) is 17.8 Å². The predicted octanol–water partition coefficient (Wildman–Crippen LogP) is 1.56. The number of aryl methyl sites for hydroxylation is 1. The monoisotopic (exact) mass is 286 g/mol. The average Bonchev–Trinajstić information content (AvgIpc) is 2.84. The number of nitrogen functional groups attached to an aromatic ring is 1. The summed E-state index contributed by atoms with van der Waals surface area (Å²) in [6, 6.07) is 7.64. The number of carbonyl (C=O) groups excluding carboxylic acids is 1. The Labute approximate surface area is 122 Å². The Morgan fingerprint density at radius 1 is 1.52 bits per heavy atom. The lowest BCUT2D eigenvalue weighted by Crippen LogP contribution is -2.37. The second kappa shape index (κ2) is 5.57. The highest BCUT2D eigenvalue weighted by atomic mass is 16.5. The molecular formula is C15H18N4O2. The summed E-state index contributed by atoms with van der Waals surface area (Å²) in [6.07, 6.45) is 0.872. The number of anilines is 2. The first-order valence-corrected chi connectivity index (χ1v) is 6.93. The summed E-state index contributed by atoms with van der Waals surface area (Å²) in [5.41, 5.74) is 9.97. The second-order valence-electron chi connectivity index (χ2n) is 5.33. The van der Waals surface area contributed by atoms with Crippen molar-refractivity contribution in [3.63, 3.8) is 0 Å². The van der Waals surface area contributed by atoms with Crippen LogP contribution in [0.2, 0.25) is 0 Å². The smallest absolute Gasteiger partial charge is 0.240 e. The molecule has 0 saturated carbocycles. The maximum Gasteiger partial charge on any atom is 0.240 e. The summed E-state index contributed by atoms with van der Waals surface area (Å²) < 4.78 is 4.98. The highest BCUT2D eigenvalue weighted by Crippen LogP contribution is 2.23. The number of nitrogens with one attached hydrogen (secondary N) is 1. The molecule has 2 heterocycles. The third kappa shape index (κ3) is 3.05. The van der Waals surface area contributed by atoms with Crippen LogP contribution in [0.25, 0.3) is 0 Å². The van der Waals surface area contributed by atoms with Gasteiger partial charge in [-0.05, 0) is 30.5 Å². The highest BCUT2D eigenvalue weighted by Gasteiger charge is 2.20. The first-order valence-electron chi connectivity index (χ1n) is 6.93. The molecule has 6 heteroatoms. The third-order valence-corrected chi connectivity index (χ3v) is 3.64. The van der Waals surface area contributed by atoms with Crippen LogP contribution in [0.4, 0.5) is 11.6 Å². The van der Waals surface area contributed by atoms with Crippen molar-refractivity contribution in [2.24, 2.45) is 0 Å². The van der Waals surface area contributed by atoms with Gasteiger partial charge in [-0.3, -0.25) is 15.0 Å². The van der Waals surface area contributed by atoms with Gasteiger partial charge in [0.2, 0.25) is 11.8 Å². The number of hydrogen-bond acceptors (Lipinski definition) is 5. The van der Waals surface area contributed by atoms with E-state index in [0.29, 0.717) is 12.4 Å². The van der Waals surface area contributed by atoms with Gasteiger partial charge in [0, 0.05) is 24.8 Å². The fourth-order valence-electron chi connectivity index (χ4n) is 2.63. The summed E-state index contributed by atoms with van der Waals surface area (Å²) in [5, 5.41) is 6.45. The number of amides is 1. The van der Waals surface area contributed by atoms with Crippen molar-refractivity contribution in [1.82, 2.24) is 10.1 Å². The minimum absolute atomic E-state index is 0.0986. The molecule has 1 aromatic heterocycles. The molecule has 0 aliphatic carbocycles. The summed E-state index contributed by atoms with van der Waals surface area (Å²) >= 11 is 0. The van der Waals surface area contributed by atoms with Crippen molar-refractivity contribution < 1.29 is 9.32 Å². The lowest BCUT2D eigenvalue weighted by atomic mass is 9.98. The van der Waals surface area contributed by atoms with E-state index in [0.717, 1.165) is 30.9 Å². The number of nitrogens with zero attached hydrogens (tertiary/aromatic N) is 2. The molecule has 21 heavy (non-hydrogen) atoms. The van der Waals surface area contributed by atoms with Crippen LogP contribution in [0.3, 0.4) is 0 Å². The van der Waals surface area contributed by atoms with E-state index < -0.39 is 0 Å². The van der Waals surface area contributed by atoms with E-state index in [1.807, 2.05) is 19.1 Å². The van der Waals surface area contributed by atoms with Gasteiger partial charge in [-0.25, -0.2) is 0 Å². The lowest BCUT2D eigenvalue weighted by Gasteiger charge is -2.28. The van der Waals surface area contributed by atoms with Crippen molar-refractivity contribution in [2.75, 3.05) is 24.1 Å². The first kappa shape index (κ1) is 13.6. The maximum absolute atomic E-state index is 12.0. The van der Waals surface area contributed by atoms with Crippen LogP contribution in [0.1, 0.15) is 16.8 Å². The molecule has 0 unspecified atom stereocenters. The second-order valence-corrected chi connectivity index (χ2v) is 5.33. The van der Waals surface area contributed by atoms with Gasteiger partial charge < -0.3 is 10.3 Å². The van der Waals surface area contributed by atoms with E-state index in [-0.39, 0.29) is 5.91 Å². The zero-order valence-corrected chi connectivity index (χ0v) is 11.9. The number of rotatable bonds is 3. The Kier molecular flexibility index (Phi) is 3.62. The predicted molar refractivity (Wildman–Crippen MR) is 79.7 cm³/mol. The molecular weight excluding hydrogens is 268 g/mol. The van der Waals surface area contributed by atoms with E-state index >= 15 is 0 Å². The van der Waals surface area contributed by atoms with Gasteiger partial charge in [-0.2, -0.15) is 0 Å². The zero-order valence-electron chi connectivity index (χ0n) is 11.9. The van der Waals surface area contributed by atoms with Gasteiger partial charge in [0.25, 0.3) is 0 Å². The molecule has 2 aromatic rings. The molecule has 0 atom stereocenters. The van der Waals surface area contributed by atoms with Crippen molar-refractivity contribution in [3.05, 3.63) is 41.1 Å². The SMILES string of the molecule is Cc1cc(NC(=O)CN2CCc3c(N)cccc3C2)on1. The van der Waals surface area contributed by atoms with E-state index in [1.165, 1.54) is 11.1 Å². The van der Waals surface area contributed by atoms with Crippen molar-refractivity contribution in [3.8, 4) is 0 Å². The summed E-state index contributed by atoms with van der Waals surface area (Å²) in [7, 11) is 0. The maximum atomic E-state index is 12.0. The molecule has 1 aliphatic rings. The number of hydrogen-bond donors (Lipinski definition) is 2. The van der Waals surface area contributed by atoms with Crippen LogP contribution in [0, 0.1) is 6.92 Å².